The molecule has 0 aliphatic carbocycles. The Balaban J connectivity index is 4.23. The molecule has 0 spiro atoms. The van der Waals surface area contributed by atoms with Gasteiger partial charge in [0.1, 0.15) is 7.85 Å². The molecule has 0 rings (SSSR count). The van der Waals surface area contributed by atoms with E-state index in [9.17, 15) is 0 Å². The molecule has 0 aromatic rings. The Morgan fingerprint density at radius 3 is 2.64 bits per heavy atom. The summed E-state index contributed by atoms with van der Waals surface area (Å²) in [5.74, 6) is 0.825. The standard InChI is InChI=1S/C9H13BS/c1-3-4-5-9(6-7-11)8(2)10/h3-5,11H,1,6-7H2,2H3/b5-4-,9-8-. The first-order valence-corrected chi connectivity index (χ1v) is 4.20. The van der Waals surface area contributed by atoms with Crippen LogP contribution in [-0.2, 0) is 0 Å². The first-order chi connectivity index (χ1) is 5.22. The van der Waals surface area contributed by atoms with Crippen LogP contribution in [0.3, 0.4) is 0 Å². The molecule has 2 radical (unpaired) electrons. The van der Waals surface area contributed by atoms with E-state index in [2.05, 4.69) is 19.2 Å². The van der Waals surface area contributed by atoms with Crippen LogP contribution >= 0.6 is 12.6 Å². The molecule has 0 fully saturated rings. The average Bonchev–Trinajstić information content (AvgIpc) is 1.97. The minimum Gasteiger partial charge on any atom is -0.179 e. The van der Waals surface area contributed by atoms with E-state index in [4.69, 9.17) is 7.85 Å². The van der Waals surface area contributed by atoms with Gasteiger partial charge in [-0.2, -0.15) is 12.6 Å². The first kappa shape index (κ1) is 10.6. The van der Waals surface area contributed by atoms with E-state index >= 15 is 0 Å². The third-order valence-corrected chi connectivity index (χ3v) is 1.54. The second kappa shape index (κ2) is 6.35. The lowest BCUT2D eigenvalue weighted by molar-refractivity contribution is 1.15. The fourth-order valence-corrected chi connectivity index (χ4v) is 0.957. The van der Waals surface area contributed by atoms with Crippen LogP contribution in [0.1, 0.15) is 13.3 Å². The van der Waals surface area contributed by atoms with Crippen molar-refractivity contribution in [2.45, 2.75) is 13.3 Å². The molecule has 0 amide bonds. The van der Waals surface area contributed by atoms with E-state index < -0.39 is 0 Å². The van der Waals surface area contributed by atoms with E-state index in [1.54, 1.807) is 6.08 Å². The van der Waals surface area contributed by atoms with Crippen LogP contribution in [0.4, 0.5) is 0 Å². The van der Waals surface area contributed by atoms with Crippen molar-refractivity contribution in [1.29, 1.82) is 0 Å². The first-order valence-electron chi connectivity index (χ1n) is 3.57. The van der Waals surface area contributed by atoms with E-state index in [-0.39, 0.29) is 0 Å². The molecule has 0 atom stereocenters. The number of hydrogen-bond donors (Lipinski definition) is 1. The molecule has 0 aliphatic rings. The highest BCUT2D eigenvalue weighted by molar-refractivity contribution is 7.80. The SMILES string of the molecule is [B]/C(C)=C(/C=C\C=C)CCS. The summed E-state index contributed by atoms with van der Waals surface area (Å²) in [5.41, 5.74) is 2.00. The maximum atomic E-state index is 5.62. The van der Waals surface area contributed by atoms with Gasteiger partial charge in [-0.15, -0.1) is 5.47 Å². The van der Waals surface area contributed by atoms with E-state index in [1.807, 2.05) is 19.1 Å². The molecule has 0 heterocycles. The normalized spacial score (nSPS) is 13.3. The molecule has 2 heteroatoms. The van der Waals surface area contributed by atoms with Crippen molar-refractivity contribution >= 4 is 20.5 Å². The fraction of sp³-hybridized carbons (Fsp3) is 0.333. The molecule has 11 heavy (non-hydrogen) atoms. The highest BCUT2D eigenvalue weighted by Gasteiger charge is 1.91. The Morgan fingerprint density at radius 1 is 1.64 bits per heavy atom. The van der Waals surface area contributed by atoms with Gasteiger partial charge in [-0.1, -0.05) is 37.3 Å². The zero-order valence-corrected chi connectivity index (χ0v) is 7.77. The maximum absolute atomic E-state index is 5.62. The van der Waals surface area contributed by atoms with Gasteiger partial charge in [-0.05, 0) is 12.2 Å². The monoisotopic (exact) mass is 164 g/mol. The topological polar surface area (TPSA) is 0 Å². The number of rotatable bonds is 4. The molecule has 0 aromatic carbocycles. The largest absolute Gasteiger partial charge is 0.179 e. The third kappa shape index (κ3) is 4.97. The van der Waals surface area contributed by atoms with Gasteiger partial charge in [0.2, 0.25) is 0 Å². The van der Waals surface area contributed by atoms with E-state index in [1.165, 1.54) is 0 Å². The Morgan fingerprint density at radius 2 is 2.27 bits per heavy atom. The molecule has 0 bridgehead atoms. The van der Waals surface area contributed by atoms with Crippen molar-refractivity contribution in [3.8, 4) is 0 Å². The maximum Gasteiger partial charge on any atom is 0.107 e. The molecular formula is C9H13BS. The van der Waals surface area contributed by atoms with Crippen LogP contribution in [0.15, 0.2) is 35.9 Å². The average molecular weight is 164 g/mol. The Bertz CT molecular complexity index is 176. The van der Waals surface area contributed by atoms with E-state index in [0.717, 1.165) is 23.2 Å². The zero-order valence-electron chi connectivity index (χ0n) is 6.88. The van der Waals surface area contributed by atoms with Crippen LogP contribution in [0.25, 0.3) is 0 Å². The number of hydrogen-bond acceptors (Lipinski definition) is 1. The highest BCUT2D eigenvalue weighted by atomic mass is 32.1. The number of allylic oxidation sites excluding steroid dienone is 5. The minimum atomic E-state index is 0.825. The molecule has 0 saturated heterocycles. The molecule has 0 aliphatic heterocycles. The van der Waals surface area contributed by atoms with Gasteiger partial charge in [0.05, 0.1) is 0 Å². The molecular weight excluding hydrogens is 151 g/mol. The molecule has 0 saturated carbocycles. The van der Waals surface area contributed by atoms with Crippen LogP contribution in [0.5, 0.6) is 0 Å². The van der Waals surface area contributed by atoms with Crippen LogP contribution in [0.2, 0.25) is 0 Å². The summed E-state index contributed by atoms with van der Waals surface area (Å²) in [7, 11) is 5.62. The van der Waals surface area contributed by atoms with Crippen molar-refractivity contribution in [2.75, 3.05) is 5.75 Å². The Hall–Kier alpha value is -0.365. The summed E-state index contributed by atoms with van der Waals surface area (Å²) in [4.78, 5) is 0. The second-order valence-corrected chi connectivity index (χ2v) is 2.72. The van der Waals surface area contributed by atoms with Crippen molar-refractivity contribution in [3.63, 3.8) is 0 Å². The second-order valence-electron chi connectivity index (χ2n) is 2.28. The molecule has 0 nitrogen and oxygen atoms in total. The predicted octanol–water partition coefficient (Wildman–Crippen LogP) is 2.49. The van der Waals surface area contributed by atoms with Gasteiger partial charge in [0.15, 0.2) is 0 Å². The van der Waals surface area contributed by atoms with E-state index in [0.29, 0.717) is 0 Å². The zero-order chi connectivity index (χ0) is 8.69. The van der Waals surface area contributed by atoms with Gasteiger partial charge < -0.3 is 0 Å². The summed E-state index contributed by atoms with van der Waals surface area (Å²) in [6.07, 6.45) is 6.50. The van der Waals surface area contributed by atoms with Crippen LogP contribution in [-0.4, -0.2) is 13.6 Å². The molecule has 0 N–H and O–H groups in total. The molecule has 0 aromatic heterocycles. The lowest BCUT2D eigenvalue weighted by Gasteiger charge is -2.01. The Labute approximate surface area is 75.9 Å². The molecule has 0 unspecified atom stereocenters. The van der Waals surface area contributed by atoms with Gasteiger partial charge in [-0.25, -0.2) is 0 Å². The summed E-state index contributed by atoms with van der Waals surface area (Å²) in [6.45, 7) is 5.48. The highest BCUT2D eigenvalue weighted by Crippen LogP contribution is 2.08. The van der Waals surface area contributed by atoms with Crippen LogP contribution in [0, 0.1) is 0 Å². The lowest BCUT2D eigenvalue weighted by Crippen LogP contribution is -1.86. The van der Waals surface area contributed by atoms with Gasteiger partial charge in [0, 0.05) is 0 Å². The quantitative estimate of drug-likeness (QED) is 0.368. The summed E-state index contributed by atoms with van der Waals surface area (Å²) < 4.78 is 0. The third-order valence-electron chi connectivity index (χ3n) is 1.32. The summed E-state index contributed by atoms with van der Waals surface area (Å²) >= 11 is 4.13. The minimum absolute atomic E-state index is 0.825. The molecule has 58 valence electrons. The van der Waals surface area contributed by atoms with Crippen molar-refractivity contribution in [3.05, 3.63) is 35.9 Å². The van der Waals surface area contributed by atoms with Gasteiger partial charge in [-0.3, -0.25) is 0 Å². The van der Waals surface area contributed by atoms with Crippen molar-refractivity contribution < 1.29 is 0 Å². The van der Waals surface area contributed by atoms with Gasteiger partial charge in [0.25, 0.3) is 0 Å². The number of thiol groups is 1. The van der Waals surface area contributed by atoms with Crippen LogP contribution < -0.4 is 0 Å². The van der Waals surface area contributed by atoms with Gasteiger partial charge >= 0.3 is 0 Å². The smallest absolute Gasteiger partial charge is 0.107 e. The fourth-order valence-electron chi connectivity index (χ4n) is 0.717. The Kier molecular flexibility index (Phi) is 6.14. The summed E-state index contributed by atoms with van der Waals surface area (Å²) in [6, 6.07) is 0. The van der Waals surface area contributed by atoms with Crippen molar-refractivity contribution in [2.24, 2.45) is 0 Å². The lowest BCUT2D eigenvalue weighted by atomic mass is 9.90. The summed E-state index contributed by atoms with van der Waals surface area (Å²) in [5, 5.41) is 0. The predicted molar refractivity (Wildman–Crippen MR) is 56.3 cm³/mol. The van der Waals surface area contributed by atoms with Crippen molar-refractivity contribution in [1.82, 2.24) is 0 Å².